The van der Waals surface area contributed by atoms with Gasteiger partial charge in [-0.1, -0.05) is 33.1 Å². The van der Waals surface area contributed by atoms with Crippen LogP contribution in [-0.4, -0.2) is 19.0 Å². The van der Waals surface area contributed by atoms with Crippen molar-refractivity contribution < 1.29 is 4.79 Å². The van der Waals surface area contributed by atoms with Gasteiger partial charge in [0, 0.05) is 13.0 Å². The summed E-state index contributed by atoms with van der Waals surface area (Å²) in [6.45, 7) is 5.72. The van der Waals surface area contributed by atoms with E-state index < -0.39 is 0 Å². The highest BCUT2D eigenvalue weighted by molar-refractivity contribution is 5.85. The molecule has 0 aromatic rings. The van der Waals surface area contributed by atoms with E-state index in [1.165, 1.54) is 19.3 Å². The Bertz CT molecular complexity index is 165. The van der Waals surface area contributed by atoms with Crippen LogP contribution in [0.2, 0.25) is 0 Å². The summed E-state index contributed by atoms with van der Waals surface area (Å²) in [4.78, 5) is 11.5. The van der Waals surface area contributed by atoms with E-state index in [4.69, 9.17) is 5.73 Å². The van der Waals surface area contributed by atoms with Crippen LogP contribution in [0.1, 0.15) is 52.4 Å². The zero-order valence-electron chi connectivity index (χ0n) is 10.6. The standard InChI is InChI=1S/C12H26N2O.ClH/c1-3-5-7-11(4-2)10-12(15)14-9-6-8-13;/h11H,3-10,13H2,1-2H3,(H,14,15);1H. The summed E-state index contributed by atoms with van der Waals surface area (Å²) in [7, 11) is 0. The summed E-state index contributed by atoms with van der Waals surface area (Å²) < 4.78 is 0. The normalized spacial score (nSPS) is 11.7. The van der Waals surface area contributed by atoms with Crippen molar-refractivity contribution in [2.75, 3.05) is 13.1 Å². The molecule has 16 heavy (non-hydrogen) atoms. The molecule has 0 aliphatic heterocycles. The van der Waals surface area contributed by atoms with Gasteiger partial charge in [0.2, 0.25) is 5.91 Å². The van der Waals surface area contributed by atoms with E-state index in [0.29, 0.717) is 18.9 Å². The van der Waals surface area contributed by atoms with E-state index in [1.807, 2.05) is 0 Å². The Morgan fingerprint density at radius 3 is 2.50 bits per heavy atom. The fourth-order valence-corrected chi connectivity index (χ4v) is 1.61. The van der Waals surface area contributed by atoms with Crippen LogP contribution < -0.4 is 11.1 Å². The lowest BCUT2D eigenvalue weighted by molar-refractivity contribution is -0.122. The van der Waals surface area contributed by atoms with E-state index in [2.05, 4.69) is 19.2 Å². The third-order valence-electron chi connectivity index (χ3n) is 2.72. The number of rotatable bonds is 9. The number of hydrogen-bond donors (Lipinski definition) is 2. The predicted molar refractivity (Wildman–Crippen MR) is 71.9 cm³/mol. The van der Waals surface area contributed by atoms with Gasteiger partial charge in [-0.2, -0.15) is 0 Å². The molecular formula is C12H27ClN2O. The van der Waals surface area contributed by atoms with Crippen molar-refractivity contribution in [3.8, 4) is 0 Å². The van der Waals surface area contributed by atoms with Crippen LogP contribution in [0, 0.1) is 5.92 Å². The summed E-state index contributed by atoms with van der Waals surface area (Å²) in [5, 5.41) is 2.91. The van der Waals surface area contributed by atoms with E-state index >= 15 is 0 Å². The van der Waals surface area contributed by atoms with Crippen molar-refractivity contribution in [3.63, 3.8) is 0 Å². The molecule has 0 rings (SSSR count). The van der Waals surface area contributed by atoms with E-state index in [9.17, 15) is 4.79 Å². The molecule has 0 radical (unpaired) electrons. The van der Waals surface area contributed by atoms with Crippen LogP contribution in [-0.2, 0) is 4.79 Å². The first-order valence-corrected chi connectivity index (χ1v) is 6.21. The number of carbonyl (C=O) groups is 1. The maximum atomic E-state index is 11.5. The molecule has 0 heterocycles. The van der Waals surface area contributed by atoms with Crippen LogP contribution >= 0.6 is 12.4 Å². The van der Waals surface area contributed by atoms with Gasteiger partial charge in [-0.25, -0.2) is 0 Å². The average molecular weight is 251 g/mol. The second kappa shape index (κ2) is 12.8. The van der Waals surface area contributed by atoms with Gasteiger partial charge in [0.15, 0.2) is 0 Å². The topological polar surface area (TPSA) is 55.1 Å². The molecule has 0 saturated carbocycles. The van der Waals surface area contributed by atoms with Gasteiger partial charge in [0.1, 0.15) is 0 Å². The molecule has 0 saturated heterocycles. The Morgan fingerprint density at radius 2 is 2.00 bits per heavy atom. The molecule has 0 aromatic carbocycles. The van der Waals surface area contributed by atoms with Crippen molar-refractivity contribution in [2.24, 2.45) is 11.7 Å². The lowest BCUT2D eigenvalue weighted by Gasteiger charge is -2.13. The highest BCUT2D eigenvalue weighted by atomic mass is 35.5. The Kier molecular flexibility index (Phi) is 14.5. The molecule has 0 bridgehead atoms. The van der Waals surface area contributed by atoms with Crippen LogP contribution in [0.3, 0.4) is 0 Å². The molecule has 0 aromatic heterocycles. The quantitative estimate of drug-likeness (QED) is 0.618. The Morgan fingerprint density at radius 1 is 1.31 bits per heavy atom. The fraction of sp³-hybridized carbons (Fsp3) is 0.917. The Labute approximate surface area is 106 Å². The number of halogens is 1. The maximum absolute atomic E-state index is 11.5. The van der Waals surface area contributed by atoms with E-state index in [0.717, 1.165) is 19.4 Å². The number of carbonyl (C=O) groups excluding carboxylic acids is 1. The average Bonchev–Trinajstić information content (AvgIpc) is 2.24. The predicted octanol–water partition coefficient (Wildman–Crippen LogP) is 2.48. The van der Waals surface area contributed by atoms with Gasteiger partial charge in [0.25, 0.3) is 0 Å². The van der Waals surface area contributed by atoms with Gasteiger partial charge in [-0.3, -0.25) is 4.79 Å². The minimum absolute atomic E-state index is 0. The van der Waals surface area contributed by atoms with Gasteiger partial charge in [-0.05, 0) is 25.3 Å². The number of unbranched alkanes of at least 4 members (excludes halogenated alkanes) is 1. The smallest absolute Gasteiger partial charge is 0.220 e. The minimum Gasteiger partial charge on any atom is -0.356 e. The number of nitrogens with one attached hydrogen (secondary N) is 1. The molecule has 1 unspecified atom stereocenters. The molecule has 1 atom stereocenters. The van der Waals surface area contributed by atoms with E-state index in [1.54, 1.807) is 0 Å². The first kappa shape index (κ1) is 18.1. The van der Waals surface area contributed by atoms with Gasteiger partial charge in [-0.15, -0.1) is 12.4 Å². The van der Waals surface area contributed by atoms with Gasteiger partial charge < -0.3 is 11.1 Å². The summed E-state index contributed by atoms with van der Waals surface area (Å²) >= 11 is 0. The molecule has 0 spiro atoms. The number of nitrogens with two attached hydrogens (primary N) is 1. The van der Waals surface area contributed by atoms with Crippen LogP contribution in [0.25, 0.3) is 0 Å². The molecule has 98 valence electrons. The van der Waals surface area contributed by atoms with Crippen LogP contribution in [0.4, 0.5) is 0 Å². The lowest BCUT2D eigenvalue weighted by atomic mass is 9.95. The van der Waals surface area contributed by atoms with Crippen molar-refractivity contribution in [3.05, 3.63) is 0 Å². The van der Waals surface area contributed by atoms with Crippen LogP contribution in [0.5, 0.6) is 0 Å². The van der Waals surface area contributed by atoms with Crippen molar-refractivity contribution >= 4 is 18.3 Å². The molecule has 0 aliphatic rings. The fourth-order valence-electron chi connectivity index (χ4n) is 1.61. The third-order valence-corrected chi connectivity index (χ3v) is 2.72. The summed E-state index contributed by atoms with van der Waals surface area (Å²) in [6.07, 6.45) is 6.28. The molecule has 3 N–H and O–H groups in total. The summed E-state index contributed by atoms with van der Waals surface area (Å²) in [5.74, 6) is 0.745. The Balaban J connectivity index is 0. The molecule has 4 heteroatoms. The SMILES string of the molecule is CCCCC(CC)CC(=O)NCCCN.Cl. The highest BCUT2D eigenvalue weighted by Gasteiger charge is 2.10. The maximum Gasteiger partial charge on any atom is 0.220 e. The summed E-state index contributed by atoms with van der Waals surface area (Å²) in [6, 6.07) is 0. The van der Waals surface area contributed by atoms with Crippen molar-refractivity contribution in [1.82, 2.24) is 5.32 Å². The highest BCUT2D eigenvalue weighted by Crippen LogP contribution is 2.16. The molecule has 0 aliphatic carbocycles. The van der Waals surface area contributed by atoms with Gasteiger partial charge in [0.05, 0.1) is 0 Å². The minimum atomic E-state index is 0. The third kappa shape index (κ3) is 10.2. The van der Waals surface area contributed by atoms with E-state index in [-0.39, 0.29) is 18.3 Å². The zero-order valence-corrected chi connectivity index (χ0v) is 11.4. The van der Waals surface area contributed by atoms with Crippen molar-refractivity contribution in [2.45, 2.75) is 52.4 Å². The number of amides is 1. The van der Waals surface area contributed by atoms with Crippen LogP contribution in [0.15, 0.2) is 0 Å². The monoisotopic (exact) mass is 250 g/mol. The zero-order chi connectivity index (χ0) is 11.5. The molecule has 1 amide bonds. The largest absolute Gasteiger partial charge is 0.356 e. The first-order chi connectivity index (χ1) is 7.24. The molecule has 3 nitrogen and oxygen atoms in total. The van der Waals surface area contributed by atoms with Crippen molar-refractivity contribution in [1.29, 1.82) is 0 Å². The number of hydrogen-bond acceptors (Lipinski definition) is 2. The molecular weight excluding hydrogens is 224 g/mol. The second-order valence-corrected chi connectivity index (χ2v) is 4.11. The first-order valence-electron chi connectivity index (χ1n) is 6.21. The lowest BCUT2D eigenvalue weighted by Crippen LogP contribution is -2.27. The summed E-state index contributed by atoms with van der Waals surface area (Å²) in [5.41, 5.74) is 5.36. The Hall–Kier alpha value is -0.280. The molecule has 0 fully saturated rings. The van der Waals surface area contributed by atoms with Gasteiger partial charge >= 0.3 is 0 Å². The second-order valence-electron chi connectivity index (χ2n) is 4.11.